The zero-order valence-corrected chi connectivity index (χ0v) is 25.7. The monoisotopic (exact) mass is 623 g/mol. The van der Waals surface area contributed by atoms with Crippen molar-refractivity contribution in [3.63, 3.8) is 0 Å². The first-order valence-corrected chi connectivity index (χ1v) is 15.4. The Morgan fingerprint density at radius 3 is 2.62 bits per heavy atom. The predicted molar refractivity (Wildman–Crippen MR) is 163 cm³/mol. The number of thiazole rings is 1. The maximum atomic E-state index is 14.1. The number of nitrogens with zero attached hydrogens (tertiary/aromatic N) is 3. The van der Waals surface area contributed by atoms with E-state index in [9.17, 15) is 9.59 Å². The minimum absolute atomic E-state index is 0.198. The van der Waals surface area contributed by atoms with Crippen LogP contribution in [0.2, 0.25) is 0 Å². The molecule has 9 heteroatoms. The smallest absolute Gasteiger partial charge is 0.338 e. The van der Waals surface area contributed by atoms with Crippen LogP contribution in [0.4, 0.5) is 5.69 Å². The maximum absolute atomic E-state index is 14.1. The van der Waals surface area contributed by atoms with Gasteiger partial charge in [-0.1, -0.05) is 46.7 Å². The van der Waals surface area contributed by atoms with Crippen LogP contribution >= 0.6 is 27.3 Å². The van der Waals surface area contributed by atoms with Crippen LogP contribution in [0.15, 0.2) is 61.9 Å². The van der Waals surface area contributed by atoms with Gasteiger partial charge in [-0.3, -0.25) is 9.36 Å². The average molecular weight is 625 g/mol. The molecule has 5 rings (SSSR count). The van der Waals surface area contributed by atoms with E-state index in [1.165, 1.54) is 29.9 Å². The summed E-state index contributed by atoms with van der Waals surface area (Å²) in [4.78, 5) is 35.4. The number of aromatic nitrogens is 1. The lowest BCUT2D eigenvalue weighted by molar-refractivity contribution is -0.139. The number of rotatable bonds is 8. The van der Waals surface area contributed by atoms with Gasteiger partial charge in [0.25, 0.3) is 5.56 Å². The number of benzene rings is 2. The number of ether oxygens (including phenoxy) is 2. The SMILES string of the molecule is CCCC1=C(C(=O)OCC)[C@H](c2cc(Br)ccc2OC)n2c(s/c(=C\c3ccc(N4CCCC4)cc3C)c2=O)=N1. The molecule has 1 aromatic heterocycles. The fourth-order valence-electron chi connectivity index (χ4n) is 5.47. The van der Waals surface area contributed by atoms with Crippen LogP contribution in [0.5, 0.6) is 5.75 Å². The first kappa shape index (κ1) is 28.4. The number of allylic oxidation sites excluding steroid dienone is 1. The lowest BCUT2D eigenvalue weighted by atomic mass is 9.93. The Labute approximate surface area is 246 Å². The van der Waals surface area contributed by atoms with Crippen molar-refractivity contribution in [3.05, 3.63) is 88.5 Å². The predicted octanol–water partition coefficient (Wildman–Crippen LogP) is 5.26. The van der Waals surface area contributed by atoms with E-state index in [-0.39, 0.29) is 12.2 Å². The van der Waals surface area contributed by atoms with Crippen molar-refractivity contribution >= 4 is 45.0 Å². The summed E-state index contributed by atoms with van der Waals surface area (Å²) in [6.07, 6.45) is 5.76. The van der Waals surface area contributed by atoms with Crippen LogP contribution in [-0.2, 0) is 9.53 Å². The van der Waals surface area contributed by atoms with Crippen LogP contribution in [0.3, 0.4) is 0 Å². The van der Waals surface area contributed by atoms with E-state index in [1.807, 2.05) is 31.2 Å². The largest absolute Gasteiger partial charge is 0.496 e. The molecule has 0 unspecified atom stereocenters. The summed E-state index contributed by atoms with van der Waals surface area (Å²) in [6.45, 7) is 8.29. The van der Waals surface area contributed by atoms with Crippen molar-refractivity contribution in [1.82, 2.24) is 4.57 Å². The molecule has 1 saturated heterocycles. The standard InChI is InChI=1S/C31H34BrN3O4S/c1-5-9-24-27(30(37)39-6-2)28(23-18-21(32)11-13-25(23)38-4)35-29(36)26(40-31(35)33-24)17-20-10-12-22(16-19(20)3)34-14-7-8-15-34/h10-13,16-18,28H,5-9,14-15H2,1-4H3/b26-17-/t28-/m0/s1. The topological polar surface area (TPSA) is 73.1 Å². The third kappa shape index (κ3) is 5.41. The molecule has 0 spiro atoms. The number of hydrogen-bond donors (Lipinski definition) is 0. The molecule has 2 aromatic carbocycles. The molecule has 0 bridgehead atoms. The second kappa shape index (κ2) is 12.1. The van der Waals surface area contributed by atoms with Gasteiger partial charge >= 0.3 is 5.97 Å². The van der Waals surface area contributed by atoms with Crippen LogP contribution in [-0.4, -0.2) is 37.3 Å². The maximum Gasteiger partial charge on any atom is 0.338 e. The van der Waals surface area contributed by atoms with E-state index < -0.39 is 12.0 Å². The number of aryl methyl sites for hydroxylation is 1. The number of methoxy groups -OCH3 is 1. The van der Waals surface area contributed by atoms with Crippen LogP contribution in [0.1, 0.15) is 62.3 Å². The highest BCUT2D eigenvalue weighted by atomic mass is 79.9. The Balaban J connectivity index is 1.71. The van der Waals surface area contributed by atoms with Gasteiger partial charge in [-0.25, -0.2) is 9.79 Å². The zero-order chi connectivity index (χ0) is 28.4. The number of carbonyl (C=O) groups is 1. The number of halogens is 1. The number of esters is 1. The number of anilines is 1. The first-order valence-electron chi connectivity index (χ1n) is 13.8. The Hall–Kier alpha value is -3.17. The van der Waals surface area contributed by atoms with Crippen molar-refractivity contribution in [2.45, 2.75) is 52.5 Å². The fourth-order valence-corrected chi connectivity index (χ4v) is 6.86. The summed E-state index contributed by atoms with van der Waals surface area (Å²) in [5.41, 5.74) is 4.84. The molecule has 1 atom stereocenters. The van der Waals surface area contributed by atoms with Gasteiger partial charge in [0.2, 0.25) is 0 Å². The Kier molecular flexibility index (Phi) is 8.61. The molecule has 210 valence electrons. The molecule has 1 fully saturated rings. The molecule has 2 aliphatic rings. The Morgan fingerprint density at radius 1 is 1.18 bits per heavy atom. The van der Waals surface area contributed by atoms with Crippen LogP contribution < -0.4 is 24.5 Å². The number of hydrogen-bond acceptors (Lipinski definition) is 7. The van der Waals surface area contributed by atoms with Crippen molar-refractivity contribution in [3.8, 4) is 5.75 Å². The molecular weight excluding hydrogens is 590 g/mol. The molecular formula is C31H34BrN3O4S. The molecule has 0 N–H and O–H groups in total. The minimum atomic E-state index is -0.731. The summed E-state index contributed by atoms with van der Waals surface area (Å²) in [5, 5.41) is 0. The first-order chi connectivity index (χ1) is 19.4. The third-order valence-electron chi connectivity index (χ3n) is 7.39. The van der Waals surface area contributed by atoms with Crippen molar-refractivity contribution in [2.75, 3.05) is 31.7 Å². The molecule has 0 saturated carbocycles. The lowest BCUT2D eigenvalue weighted by Crippen LogP contribution is -2.40. The van der Waals surface area contributed by atoms with E-state index in [4.69, 9.17) is 14.5 Å². The Morgan fingerprint density at radius 2 is 1.95 bits per heavy atom. The lowest BCUT2D eigenvalue weighted by Gasteiger charge is -2.27. The summed E-state index contributed by atoms with van der Waals surface area (Å²) in [5.74, 6) is 0.111. The minimum Gasteiger partial charge on any atom is -0.496 e. The van der Waals surface area contributed by atoms with E-state index in [2.05, 4.69) is 46.0 Å². The average Bonchev–Trinajstić information content (AvgIpc) is 3.58. The van der Waals surface area contributed by atoms with Gasteiger partial charge in [0.05, 0.1) is 29.5 Å². The molecule has 2 aliphatic heterocycles. The number of carbonyl (C=O) groups excluding carboxylic acids is 1. The summed E-state index contributed by atoms with van der Waals surface area (Å²) in [7, 11) is 1.59. The molecule has 40 heavy (non-hydrogen) atoms. The molecule has 3 aromatic rings. The highest BCUT2D eigenvalue weighted by Crippen LogP contribution is 2.38. The van der Waals surface area contributed by atoms with Gasteiger partial charge in [-0.15, -0.1) is 0 Å². The number of fused-ring (bicyclic) bond motifs is 1. The van der Waals surface area contributed by atoms with Crippen molar-refractivity contribution in [1.29, 1.82) is 0 Å². The van der Waals surface area contributed by atoms with Gasteiger partial charge in [0.15, 0.2) is 4.80 Å². The second-order valence-corrected chi connectivity index (χ2v) is 12.0. The zero-order valence-electron chi connectivity index (χ0n) is 23.3. The normalized spacial score (nSPS) is 17.2. The van der Waals surface area contributed by atoms with Gasteiger partial charge in [0.1, 0.15) is 11.8 Å². The highest BCUT2D eigenvalue weighted by molar-refractivity contribution is 9.10. The molecule has 0 aliphatic carbocycles. The van der Waals surface area contributed by atoms with Crippen LogP contribution in [0.25, 0.3) is 6.08 Å². The quantitative estimate of drug-likeness (QED) is 0.320. The fraction of sp³-hybridized carbons (Fsp3) is 0.387. The Bertz CT molecular complexity index is 1650. The molecule has 7 nitrogen and oxygen atoms in total. The van der Waals surface area contributed by atoms with E-state index >= 15 is 0 Å². The van der Waals surface area contributed by atoms with E-state index in [0.717, 1.165) is 35.1 Å². The van der Waals surface area contributed by atoms with E-state index in [0.29, 0.717) is 38.3 Å². The van der Waals surface area contributed by atoms with Crippen molar-refractivity contribution in [2.24, 2.45) is 4.99 Å². The molecule has 0 amide bonds. The van der Waals surface area contributed by atoms with Crippen LogP contribution in [0, 0.1) is 6.92 Å². The van der Waals surface area contributed by atoms with Gasteiger partial charge < -0.3 is 14.4 Å². The van der Waals surface area contributed by atoms with Crippen molar-refractivity contribution < 1.29 is 14.3 Å². The summed E-state index contributed by atoms with van der Waals surface area (Å²) >= 11 is 4.91. The molecule has 3 heterocycles. The van der Waals surface area contributed by atoms with E-state index in [1.54, 1.807) is 18.6 Å². The van der Waals surface area contributed by atoms with Gasteiger partial charge in [0, 0.05) is 28.8 Å². The molecule has 0 radical (unpaired) electrons. The third-order valence-corrected chi connectivity index (χ3v) is 8.87. The summed E-state index contributed by atoms with van der Waals surface area (Å²) < 4.78 is 14.2. The summed E-state index contributed by atoms with van der Waals surface area (Å²) in [6, 6.07) is 11.3. The highest BCUT2D eigenvalue weighted by Gasteiger charge is 2.36. The van der Waals surface area contributed by atoms with Gasteiger partial charge in [-0.2, -0.15) is 0 Å². The van der Waals surface area contributed by atoms with Gasteiger partial charge in [-0.05, 0) is 80.6 Å². The second-order valence-electron chi connectivity index (χ2n) is 10.0.